The molecule has 2 heterocycles. The third-order valence-electron chi connectivity index (χ3n) is 2.69. The van der Waals surface area contributed by atoms with Crippen LogP contribution in [0.2, 0.25) is 0 Å². The molecule has 19 heavy (non-hydrogen) atoms. The third kappa shape index (κ3) is 3.21. The van der Waals surface area contributed by atoms with Crippen molar-refractivity contribution in [2.24, 2.45) is 0 Å². The van der Waals surface area contributed by atoms with Crippen LogP contribution < -0.4 is 10.1 Å². The van der Waals surface area contributed by atoms with Crippen molar-refractivity contribution in [1.29, 1.82) is 0 Å². The Kier molecular flexibility index (Phi) is 4.33. The molecule has 0 unspecified atom stereocenters. The molecule has 0 amide bonds. The van der Waals surface area contributed by atoms with Crippen molar-refractivity contribution in [2.45, 2.75) is 33.6 Å². The normalized spacial score (nSPS) is 10.5. The molecule has 0 fully saturated rings. The Labute approximate surface area is 112 Å². The Morgan fingerprint density at radius 1 is 1.32 bits per heavy atom. The first-order valence-electron chi connectivity index (χ1n) is 6.52. The van der Waals surface area contributed by atoms with Gasteiger partial charge in [0, 0.05) is 18.3 Å². The maximum Gasteiger partial charge on any atom is 0.240 e. The molecule has 6 heteroatoms. The van der Waals surface area contributed by atoms with Gasteiger partial charge in [0.2, 0.25) is 11.8 Å². The molecular weight excluding hydrogens is 242 g/mol. The zero-order chi connectivity index (χ0) is 13.7. The summed E-state index contributed by atoms with van der Waals surface area (Å²) in [7, 11) is 0. The van der Waals surface area contributed by atoms with Gasteiger partial charge in [0.25, 0.3) is 0 Å². The fraction of sp³-hybridized carbons (Fsp3) is 0.462. The maximum atomic E-state index is 5.71. The average Bonchev–Trinajstić information content (AvgIpc) is 2.82. The number of aryl methyl sites for hydroxylation is 1. The Morgan fingerprint density at radius 2 is 2.16 bits per heavy atom. The van der Waals surface area contributed by atoms with Crippen molar-refractivity contribution < 1.29 is 4.74 Å². The SMILES string of the molecule is CCCNc1ncnc(Oc2cc(C)[nH]n2)c1CC. The molecular formula is C13H19N5O. The number of hydrogen-bond acceptors (Lipinski definition) is 5. The fourth-order valence-electron chi connectivity index (χ4n) is 1.74. The van der Waals surface area contributed by atoms with Gasteiger partial charge in [0.05, 0.1) is 5.56 Å². The Morgan fingerprint density at radius 3 is 2.79 bits per heavy atom. The standard InChI is InChI=1S/C13H19N5O/c1-4-6-14-12-10(5-2)13(16-8-15-12)19-11-7-9(3)17-18-11/h7-8H,4-6H2,1-3H3,(H,17,18)(H,14,15,16). The number of nitrogens with zero attached hydrogens (tertiary/aromatic N) is 3. The molecule has 0 radical (unpaired) electrons. The predicted octanol–water partition coefficient (Wildman–Crippen LogP) is 2.68. The van der Waals surface area contributed by atoms with Gasteiger partial charge in [-0.05, 0) is 19.8 Å². The molecule has 0 aliphatic heterocycles. The first-order valence-corrected chi connectivity index (χ1v) is 6.52. The van der Waals surface area contributed by atoms with E-state index in [1.54, 1.807) is 0 Å². The Bertz CT molecular complexity index is 538. The van der Waals surface area contributed by atoms with E-state index in [1.807, 2.05) is 13.0 Å². The smallest absolute Gasteiger partial charge is 0.240 e. The van der Waals surface area contributed by atoms with E-state index in [-0.39, 0.29) is 0 Å². The summed E-state index contributed by atoms with van der Waals surface area (Å²) in [5.41, 5.74) is 1.92. The van der Waals surface area contributed by atoms with Gasteiger partial charge in [-0.3, -0.25) is 5.10 Å². The summed E-state index contributed by atoms with van der Waals surface area (Å²) in [5.74, 6) is 1.91. The first kappa shape index (κ1) is 13.3. The van der Waals surface area contributed by atoms with Crippen molar-refractivity contribution in [3.8, 4) is 11.8 Å². The highest BCUT2D eigenvalue weighted by molar-refractivity contribution is 5.49. The summed E-state index contributed by atoms with van der Waals surface area (Å²) in [5, 5.41) is 10.2. The molecule has 0 aliphatic carbocycles. The van der Waals surface area contributed by atoms with Gasteiger partial charge in [0.15, 0.2) is 0 Å². The topological polar surface area (TPSA) is 75.7 Å². The van der Waals surface area contributed by atoms with Crippen molar-refractivity contribution in [3.63, 3.8) is 0 Å². The van der Waals surface area contributed by atoms with Crippen LogP contribution in [0.5, 0.6) is 11.8 Å². The van der Waals surface area contributed by atoms with Gasteiger partial charge in [-0.1, -0.05) is 13.8 Å². The third-order valence-corrected chi connectivity index (χ3v) is 2.69. The van der Waals surface area contributed by atoms with Crippen LogP contribution in [0.1, 0.15) is 31.5 Å². The van der Waals surface area contributed by atoms with Crippen molar-refractivity contribution in [1.82, 2.24) is 20.2 Å². The highest BCUT2D eigenvalue weighted by Crippen LogP contribution is 2.26. The molecule has 0 bridgehead atoms. The second kappa shape index (κ2) is 6.17. The van der Waals surface area contributed by atoms with E-state index in [4.69, 9.17) is 4.74 Å². The molecule has 102 valence electrons. The number of aromatic amines is 1. The zero-order valence-corrected chi connectivity index (χ0v) is 11.5. The lowest BCUT2D eigenvalue weighted by molar-refractivity contribution is 0.437. The monoisotopic (exact) mass is 261 g/mol. The van der Waals surface area contributed by atoms with Gasteiger partial charge < -0.3 is 10.1 Å². The summed E-state index contributed by atoms with van der Waals surface area (Å²) in [6.07, 6.45) is 3.35. The molecule has 0 aromatic carbocycles. The van der Waals surface area contributed by atoms with Crippen molar-refractivity contribution >= 4 is 5.82 Å². The van der Waals surface area contributed by atoms with Gasteiger partial charge in [-0.2, -0.15) is 0 Å². The fourth-order valence-corrected chi connectivity index (χ4v) is 1.74. The van der Waals surface area contributed by atoms with Crippen LogP contribution in [0.4, 0.5) is 5.82 Å². The van der Waals surface area contributed by atoms with Crippen LogP contribution >= 0.6 is 0 Å². The highest BCUT2D eigenvalue weighted by Gasteiger charge is 2.12. The highest BCUT2D eigenvalue weighted by atomic mass is 16.5. The molecule has 0 spiro atoms. The maximum absolute atomic E-state index is 5.71. The minimum absolute atomic E-state index is 0.521. The van der Waals surface area contributed by atoms with Crippen LogP contribution in [0.15, 0.2) is 12.4 Å². The lowest BCUT2D eigenvalue weighted by Gasteiger charge is -2.11. The number of nitrogens with one attached hydrogen (secondary N) is 2. The zero-order valence-electron chi connectivity index (χ0n) is 11.5. The van der Waals surface area contributed by atoms with E-state index in [2.05, 4.69) is 39.3 Å². The van der Waals surface area contributed by atoms with Crippen LogP contribution in [-0.2, 0) is 6.42 Å². The van der Waals surface area contributed by atoms with Gasteiger partial charge in [-0.15, -0.1) is 5.10 Å². The molecule has 0 saturated heterocycles. The second-order valence-corrected chi connectivity index (χ2v) is 4.28. The summed E-state index contributed by atoms with van der Waals surface area (Å²) < 4.78 is 5.71. The van der Waals surface area contributed by atoms with Gasteiger partial charge >= 0.3 is 0 Å². The minimum atomic E-state index is 0.521. The number of anilines is 1. The molecule has 2 aromatic rings. The lowest BCUT2D eigenvalue weighted by Crippen LogP contribution is -2.07. The molecule has 6 nitrogen and oxygen atoms in total. The second-order valence-electron chi connectivity index (χ2n) is 4.28. The predicted molar refractivity (Wildman–Crippen MR) is 73.6 cm³/mol. The van der Waals surface area contributed by atoms with Crippen LogP contribution in [0.25, 0.3) is 0 Å². The van der Waals surface area contributed by atoms with E-state index in [9.17, 15) is 0 Å². The van der Waals surface area contributed by atoms with Crippen LogP contribution in [-0.4, -0.2) is 26.7 Å². The van der Waals surface area contributed by atoms with E-state index in [1.165, 1.54) is 6.33 Å². The number of aromatic nitrogens is 4. The van der Waals surface area contributed by atoms with E-state index < -0.39 is 0 Å². The van der Waals surface area contributed by atoms with Gasteiger partial charge in [0.1, 0.15) is 12.1 Å². The minimum Gasteiger partial charge on any atom is -0.419 e. The quantitative estimate of drug-likeness (QED) is 0.836. The Hall–Kier alpha value is -2.11. The molecule has 0 atom stereocenters. The van der Waals surface area contributed by atoms with Gasteiger partial charge in [-0.25, -0.2) is 9.97 Å². The number of H-pyrrole nitrogens is 1. The van der Waals surface area contributed by atoms with E-state index in [0.717, 1.165) is 36.5 Å². The molecule has 2 rings (SSSR count). The lowest BCUT2D eigenvalue weighted by atomic mass is 10.2. The van der Waals surface area contributed by atoms with E-state index >= 15 is 0 Å². The van der Waals surface area contributed by atoms with Crippen molar-refractivity contribution in [3.05, 3.63) is 23.7 Å². The summed E-state index contributed by atoms with van der Waals surface area (Å²) in [6.45, 7) is 6.97. The Balaban J connectivity index is 2.24. The van der Waals surface area contributed by atoms with Crippen LogP contribution in [0, 0.1) is 6.92 Å². The summed E-state index contributed by atoms with van der Waals surface area (Å²) >= 11 is 0. The number of hydrogen-bond donors (Lipinski definition) is 2. The van der Waals surface area contributed by atoms with Crippen molar-refractivity contribution in [2.75, 3.05) is 11.9 Å². The summed E-state index contributed by atoms with van der Waals surface area (Å²) in [6, 6.07) is 1.83. The first-order chi connectivity index (χ1) is 9.24. The number of ether oxygens (including phenoxy) is 1. The summed E-state index contributed by atoms with van der Waals surface area (Å²) in [4.78, 5) is 8.46. The average molecular weight is 261 g/mol. The largest absolute Gasteiger partial charge is 0.419 e. The molecule has 2 aromatic heterocycles. The van der Waals surface area contributed by atoms with E-state index in [0.29, 0.717) is 11.8 Å². The number of rotatable bonds is 6. The molecule has 0 saturated carbocycles. The molecule has 0 aliphatic rings. The van der Waals surface area contributed by atoms with Crippen LogP contribution in [0.3, 0.4) is 0 Å². The molecule has 2 N–H and O–H groups in total.